The van der Waals surface area contributed by atoms with E-state index in [9.17, 15) is 9.59 Å². The van der Waals surface area contributed by atoms with Crippen LogP contribution in [0.5, 0.6) is 0 Å². The van der Waals surface area contributed by atoms with E-state index in [1.165, 1.54) is 0 Å². The number of hydrogen-bond acceptors (Lipinski definition) is 2. The Kier molecular flexibility index (Phi) is 4.60. The second-order valence-corrected chi connectivity index (χ2v) is 5.15. The molecule has 21 heavy (non-hydrogen) atoms. The molecule has 0 aliphatic carbocycles. The van der Waals surface area contributed by atoms with Crippen LogP contribution in [0.3, 0.4) is 0 Å². The van der Waals surface area contributed by atoms with Crippen LogP contribution in [-0.4, -0.2) is 11.8 Å². The minimum absolute atomic E-state index is 0.481. The molecule has 0 aromatic heterocycles. The van der Waals surface area contributed by atoms with Gasteiger partial charge in [-0.05, 0) is 49.2 Å². The van der Waals surface area contributed by atoms with Gasteiger partial charge in [-0.3, -0.25) is 9.59 Å². The Bertz CT molecular complexity index is 698. The predicted molar refractivity (Wildman–Crippen MR) is 84.6 cm³/mol. The summed E-state index contributed by atoms with van der Waals surface area (Å²) in [5.41, 5.74) is 2.96. The van der Waals surface area contributed by atoms with E-state index < -0.39 is 11.8 Å². The summed E-state index contributed by atoms with van der Waals surface area (Å²) in [6.45, 7) is 3.77. The lowest BCUT2D eigenvalue weighted by atomic mass is 10.2. The van der Waals surface area contributed by atoms with Crippen LogP contribution in [0.1, 0.15) is 11.1 Å². The van der Waals surface area contributed by atoms with Crippen molar-refractivity contribution in [2.45, 2.75) is 13.8 Å². The van der Waals surface area contributed by atoms with Gasteiger partial charge in [-0.1, -0.05) is 29.8 Å². The summed E-state index contributed by atoms with van der Waals surface area (Å²) in [6.07, 6.45) is 0. The maximum Gasteiger partial charge on any atom is 0.314 e. The molecular weight excluding hydrogens is 288 g/mol. The normalized spacial score (nSPS) is 10.0. The summed E-state index contributed by atoms with van der Waals surface area (Å²) in [4.78, 5) is 23.7. The van der Waals surface area contributed by atoms with Crippen molar-refractivity contribution in [2.24, 2.45) is 0 Å². The molecule has 108 valence electrons. The zero-order chi connectivity index (χ0) is 15.4. The number of aryl methyl sites for hydroxylation is 2. The molecule has 0 saturated carbocycles. The highest BCUT2D eigenvalue weighted by atomic mass is 35.5. The SMILES string of the molecule is Cc1cccc(NC(=O)C(=O)Nc2ccc(C)c(Cl)c2)c1. The average molecular weight is 303 g/mol. The molecule has 0 aliphatic heterocycles. The molecule has 0 aliphatic rings. The Labute approximate surface area is 128 Å². The van der Waals surface area contributed by atoms with Crippen LogP contribution in [0.2, 0.25) is 5.02 Å². The molecule has 0 heterocycles. The van der Waals surface area contributed by atoms with Crippen molar-refractivity contribution < 1.29 is 9.59 Å². The van der Waals surface area contributed by atoms with Gasteiger partial charge in [0.2, 0.25) is 0 Å². The Balaban J connectivity index is 2.02. The standard InChI is InChI=1S/C16H15ClN2O2/c1-10-4-3-5-12(8-10)18-15(20)16(21)19-13-7-6-11(2)14(17)9-13/h3-9H,1-2H3,(H,18,20)(H,19,21). The summed E-state index contributed by atoms with van der Waals surface area (Å²) in [7, 11) is 0. The van der Waals surface area contributed by atoms with Crippen molar-refractivity contribution in [3.63, 3.8) is 0 Å². The van der Waals surface area contributed by atoms with Crippen LogP contribution in [0.4, 0.5) is 11.4 Å². The molecule has 0 spiro atoms. The lowest BCUT2D eigenvalue weighted by Crippen LogP contribution is -2.29. The minimum atomic E-state index is -0.739. The van der Waals surface area contributed by atoms with Gasteiger partial charge in [0.1, 0.15) is 0 Å². The zero-order valence-corrected chi connectivity index (χ0v) is 12.5. The fourth-order valence-electron chi connectivity index (χ4n) is 1.77. The first kappa shape index (κ1) is 15.1. The molecule has 2 amide bonds. The Morgan fingerprint density at radius 3 is 2.10 bits per heavy atom. The first-order valence-electron chi connectivity index (χ1n) is 6.41. The summed E-state index contributed by atoms with van der Waals surface area (Å²) in [5, 5.41) is 5.59. The Morgan fingerprint density at radius 1 is 0.905 bits per heavy atom. The van der Waals surface area contributed by atoms with Gasteiger partial charge in [-0.2, -0.15) is 0 Å². The highest BCUT2D eigenvalue weighted by Gasteiger charge is 2.14. The third kappa shape index (κ3) is 4.07. The molecule has 0 radical (unpaired) electrons. The molecule has 2 aromatic carbocycles. The van der Waals surface area contributed by atoms with Crippen LogP contribution in [0.25, 0.3) is 0 Å². The highest BCUT2D eigenvalue weighted by molar-refractivity contribution is 6.43. The summed E-state index contributed by atoms with van der Waals surface area (Å²) >= 11 is 5.97. The first-order chi connectivity index (χ1) is 9.95. The maximum atomic E-state index is 11.8. The van der Waals surface area contributed by atoms with E-state index in [1.807, 2.05) is 26.0 Å². The van der Waals surface area contributed by atoms with E-state index in [0.29, 0.717) is 16.4 Å². The molecule has 5 heteroatoms. The number of carbonyl (C=O) groups is 2. The number of carbonyl (C=O) groups excluding carboxylic acids is 2. The van der Waals surface area contributed by atoms with Gasteiger partial charge in [0.05, 0.1) is 0 Å². The molecule has 0 saturated heterocycles. The third-order valence-electron chi connectivity index (χ3n) is 2.91. The number of amides is 2. The number of halogens is 1. The molecule has 0 fully saturated rings. The lowest BCUT2D eigenvalue weighted by molar-refractivity contribution is -0.132. The summed E-state index contributed by atoms with van der Waals surface area (Å²) in [5.74, 6) is -1.46. The van der Waals surface area contributed by atoms with Gasteiger partial charge < -0.3 is 10.6 Å². The number of benzene rings is 2. The zero-order valence-electron chi connectivity index (χ0n) is 11.7. The summed E-state index contributed by atoms with van der Waals surface area (Å²) in [6, 6.07) is 12.3. The molecule has 0 atom stereocenters. The smallest absolute Gasteiger partial charge is 0.314 e. The van der Waals surface area contributed by atoms with E-state index in [4.69, 9.17) is 11.6 Å². The van der Waals surface area contributed by atoms with Crippen molar-refractivity contribution >= 4 is 34.8 Å². The second kappa shape index (κ2) is 6.41. The minimum Gasteiger partial charge on any atom is -0.318 e. The molecule has 2 rings (SSSR count). The van der Waals surface area contributed by atoms with Gasteiger partial charge in [-0.25, -0.2) is 0 Å². The van der Waals surface area contributed by atoms with E-state index in [-0.39, 0.29) is 0 Å². The number of nitrogens with one attached hydrogen (secondary N) is 2. The van der Waals surface area contributed by atoms with Crippen LogP contribution in [0.15, 0.2) is 42.5 Å². The number of hydrogen-bond donors (Lipinski definition) is 2. The van der Waals surface area contributed by atoms with E-state index in [1.54, 1.807) is 30.3 Å². The van der Waals surface area contributed by atoms with Crippen molar-refractivity contribution in [3.8, 4) is 0 Å². The largest absolute Gasteiger partial charge is 0.318 e. The van der Waals surface area contributed by atoms with E-state index in [2.05, 4.69) is 10.6 Å². The number of anilines is 2. The molecule has 2 N–H and O–H groups in total. The van der Waals surface area contributed by atoms with Crippen LogP contribution in [-0.2, 0) is 9.59 Å². The quantitative estimate of drug-likeness (QED) is 0.834. The van der Waals surface area contributed by atoms with E-state index >= 15 is 0 Å². The maximum absolute atomic E-state index is 11.8. The van der Waals surface area contributed by atoms with Gasteiger partial charge in [0.15, 0.2) is 0 Å². The first-order valence-corrected chi connectivity index (χ1v) is 6.78. The average Bonchev–Trinajstić information content (AvgIpc) is 2.43. The van der Waals surface area contributed by atoms with Crippen LogP contribution in [0, 0.1) is 13.8 Å². The van der Waals surface area contributed by atoms with Crippen LogP contribution < -0.4 is 10.6 Å². The van der Waals surface area contributed by atoms with Crippen LogP contribution >= 0.6 is 11.6 Å². The fraction of sp³-hybridized carbons (Fsp3) is 0.125. The third-order valence-corrected chi connectivity index (χ3v) is 3.32. The van der Waals surface area contributed by atoms with Gasteiger partial charge in [0.25, 0.3) is 0 Å². The van der Waals surface area contributed by atoms with Crippen molar-refractivity contribution in [1.82, 2.24) is 0 Å². The fourth-order valence-corrected chi connectivity index (χ4v) is 1.95. The van der Waals surface area contributed by atoms with Crippen molar-refractivity contribution in [1.29, 1.82) is 0 Å². The summed E-state index contributed by atoms with van der Waals surface area (Å²) < 4.78 is 0. The monoisotopic (exact) mass is 302 g/mol. The molecule has 2 aromatic rings. The van der Waals surface area contributed by atoms with Crippen molar-refractivity contribution in [2.75, 3.05) is 10.6 Å². The molecule has 0 bridgehead atoms. The van der Waals surface area contributed by atoms with Gasteiger partial charge >= 0.3 is 11.8 Å². The second-order valence-electron chi connectivity index (χ2n) is 4.74. The molecule has 4 nitrogen and oxygen atoms in total. The lowest BCUT2D eigenvalue weighted by Gasteiger charge is -2.08. The Morgan fingerprint density at radius 2 is 1.52 bits per heavy atom. The van der Waals surface area contributed by atoms with Gasteiger partial charge in [0, 0.05) is 16.4 Å². The predicted octanol–water partition coefficient (Wildman–Crippen LogP) is 3.53. The highest BCUT2D eigenvalue weighted by Crippen LogP contribution is 2.20. The number of rotatable bonds is 2. The molecular formula is C16H15ClN2O2. The topological polar surface area (TPSA) is 58.2 Å². The van der Waals surface area contributed by atoms with E-state index in [0.717, 1.165) is 11.1 Å². The molecule has 0 unspecified atom stereocenters. The van der Waals surface area contributed by atoms with Gasteiger partial charge in [-0.15, -0.1) is 0 Å². The Hall–Kier alpha value is -2.33. The van der Waals surface area contributed by atoms with Crippen molar-refractivity contribution in [3.05, 3.63) is 58.6 Å².